The minimum atomic E-state index is -3.07. The summed E-state index contributed by atoms with van der Waals surface area (Å²) in [5.41, 5.74) is 0.0730. The summed E-state index contributed by atoms with van der Waals surface area (Å²) in [5, 5.41) is 12.3. The van der Waals surface area contributed by atoms with Crippen LogP contribution in [0.25, 0.3) is 0 Å². The highest BCUT2D eigenvalue weighted by Crippen LogP contribution is 2.44. The average molecular weight is 262 g/mol. The summed E-state index contributed by atoms with van der Waals surface area (Å²) in [4.78, 5) is 0. The van der Waals surface area contributed by atoms with Gasteiger partial charge < -0.3 is 10.4 Å². The van der Waals surface area contributed by atoms with Crippen LogP contribution in [0.15, 0.2) is 0 Å². The first-order valence-electron chi connectivity index (χ1n) is 6.30. The van der Waals surface area contributed by atoms with E-state index >= 15 is 0 Å². The fraction of sp³-hybridized carbons (Fsp3) is 1.00. The lowest BCUT2D eigenvalue weighted by molar-refractivity contribution is 0.204. The van der Waals surface area contributed by atoms with Crippen LogP contribution >= 0.6 is 0 Å². The molecule has 1 atom stereocenters. The molecule has 3 N–H and O–H groups in total. The molecular formula is C11H22N2O3S. The van der Waals surface area contributed by atoms with Crippen molar-refractivity contribution in [2.45, 2.75) is 43.9 Å². The molecule has 17 heavy (non-hydrogen) atoms. The van der Waals surface area contributed by atoms with E-state index in [1.165, 1.54) is 0 Å². The van der Waals surface area contributed by atoms with Crippen molar-refractivity contribution in [3.05, 3.63) is 0 Å². The molecule has 1 unspecified atom stereocenters. The second kappa shape index (κ2) is 4.84. The first-order chi connectivity index (χ1) is 7.97. The Bertz CT molecular complexity index is 361. The molecule has 0 aliphatic heterocycles. The second-order valence-electron chi connectivity index (χ2n) is 5.53. The van der Waals surface area contributed by atoms with Crippen molar-refractivity contribution < 1.29 is 13.5 Å². The number of rotatable bonds is 8. The van der Waals surface area contributed by atoms with Gasteiger partial charge in [-0.25, -0.2) is 13.1 Å². The molecule has 5 nitrogen and oxygen atoms in total. The van der Waals surface area contributed by atoms with Crippen molar-refractivity contribution in [3.63, 3.8) is 0 Å². The van der Waals surface area contributed by atoms with Crippen LogP contribution < -0.4 is 10.0 Å². The van der Waals surface area contributed by atoms with E-state index in [9.17, 15) is 8.42 Å². The molecule has 0 amide bonds. The van der Waals surface area contributed by atoms with Crippen LogP contribution in [0.3, 0.4) is 0 Å². The number of aliphatic hydroxyl groups is 1. The zero-order valence-corrected chi connectivity index (χ0v) is 11.1. The summed E-state index contributed by atoms with van der Waals surface area (Å²) in [6, 6.07) is 0.104. The molecule has 6 heteroatoms. The van der Waals surface area contributed by atoms with Gasteiger partial charge in [0.1, 0.15) is 0 Å². The van der Waals surface area contributed by atoms with Crippen molar-refractivity contribution in [1.82, 2.24) is 10.0 Å². The fourth-order valence-corrected chi connectivity index (χ4v) is 3.24. The Hall–Kier alpha value is -0.170. The minimum absolute atomic E-state index is 0.0730. The molecule has 2 aliphatic rings. The van der Waals surface area contributed by atoms with Gasteiger partial charge in [0.2, 0.25) is 10.0 Å². The Morgan fingerprint density at radius 2 is 2.06 bits per heavy atom. The summed E-state index contributed by atoms with van der Waals surface area (Å²) < 4.78 is 25.8. The molecule has 2 aliphatic carbocycles. The molecule has 2 saturated carbocycles. The predicted molar refractivity (Wildman–Crippen MR) is 66.2 cm³/mol. The number of aliphatic hydroxyl groups excluding tert-OH is 1. The largest absolute Gasteiger partial charge is 0.396 e. The van der Waals surface area contributed by atoms with Gasteiger partial charge in [-0.05, 0) is 32.6 Å². The van der Waals surface area contributed by atoms with E-state index in [1.54, 1.807) is 0 Å². The lowest BCUT2D eigenvalue weighted by Gasteiger charge is -2.18. The van der Waals surface area contributed by atoms with E-state index in [4.69, 9.17) is 5.11 Å². The van der Waals surface area contributed by atoms with Crippen molar-refractivity contribution in [1.29, 1.82) is 0 Å². The molecule has 0 aromatic carbocycles. The highest BCUT2D eigenvalue weighted by molar-refractivity contribution is 7.90. The maximum absolute atomic E-state index is 11.6. The number of hydrogen-bond acceptors (Lipinski definition) is 4. The molecule has 2 rings (SSSR count). The molecule has 0 aromatic rings. The van der Waals surface area contributed by atoms with Crippen molar-refractivity contribution in [3.8, 4) is 0 Å². The van der Waals surface area contributed by atoms with Crippen molar-refractivity contribution in [2.24, 2.45) is 5.41 Å². The third-order valence-electron chi connectivity index (χ3n) is 3.67. The quantitative estimate of drug-likeness (QED) is 0.567. The van der Waals surface area contributed by atoms with E-state index in [2.05, 4.69) is 10.0 Å². The van der Waals surface area contributed by atoms with Gasteiger partial charge in [0.05, 0.1) is 5.25 Å². The zero-order chi connectivity index (χ0) is 12.5. The fourth-order valence-electron chi connectivity index (χ4n) is 1.77. The maximum atomic E-state index is 11.6. The minimum Gasteiger partial charge on any atom is -0.396 e. The Balaban J connectivity index is 1.65. The topological polar surface area (TPSA) is 78.4 Å². The highest BCUT2D eigenvalue weighted by Gasteiger charge is 2.41. The molecule has 0 aromatic heterocycles. The van der Waals surface area contributed by atoms with Gasteiger partial charge in [0.15, 0.2) is 0 Å². The normalized spacial score (nSPS) is 24.6. The summed E-state index contributed by atoms with van der Waals surface area (Å²) in [6.07, 6.45) is 3.73. The van der Waals surface area contributed by atoms with E-state index in [1.807, 2.05) is 6.92 Å². The van der Waals surface area contributed by atoms with Gasteiger partial charge >= 0.3 is 0 Å². The van der Waals surface area contributed by atoms with E-state index in [-0.39, 0.29) is 23.3 Å². The van der Waals surface area contributed by atoms with Crippen molar-refractivity contribution in [2.75, 3.05) is 19.7 Å². The molecular weight excluding hydrogens is 240 g/mol. The standard InChI is InChI=1S/C11H22N2O3S/c1-9(12-7-11(8-14)4-5-11)6-13-17(15,16)10-2-3-10/h9-10,12-14H,2-8H2,1H3. The van der Waals surface area contributed by atoms with E-state index < -0.39 is 10.0 Å². The number of nitrogens with one attached hydrogen (secondary N) is 2. The predicted octanol–water partition coefficient (Wildman–Crippen LogP) is -0.181. The van der Waals surface area contributed by atoms with E-state index in [0.717, 1.165) is 32.2 Å². The summed E-state index contributed by atoms with van der Waals surface area (Å²) in [7, 11) is -3.07. The molecule has 100 valence electrons. The lowest BCUT2D eigenvalue weighted by atomic mass is 10.1. The van der Waals surface area contributed by atoms with Gasteiger partial charge in [-0.15, -0.1) is 0 Å². The van der Waals surface area contributed by atoms with Gasteiger partial charge in [-0.2, -0.15) is 0 Å². The van der Waals surface area contributed by atoms with Crippen LogP contribution in [0.5, 0.6) is 0 Å². The molecule has 0 spiro atoms. The van der Waals surface area contributed by atoms with Crippen LogP contribution in [0.4, 0.5) is 0 Å². The van der Waals surface area contributed by atoms with Crippen LogP contribution in [0, 0.1) is 5.41 Å². The summed E-state index contributed by atoms with van der Waals surface area (Å²) in [6.45, 7) is 3.39. The lowest BCUT2D eigenvalue weighted by Crippen LogP contribution is -2.42. The third kappa shape index (κ3) is 3.64. The zero-order valence-electron chi connectivity index (χ0n) is 10.3. The Morgan fingerprint density at radius 1 is 1.41 bits per heavy atom. The summed E-state index contributed by atoms with van der Waals surface area (Å²) in [5.74, 6) is 0. The average Bonchev–Trinajstić information content (AvgIpc) is 3.17. The monoisotopic (exact) mass is 262 g/mol. The van der Waals surface area contributed by atoms with Crippen molar-refractivity contribution >= 4 is 10.0 Å². The molecule has 0 heterocycles. The molecule has 0 saturated heterocycles. The van der Waals surface area contributed by atoms with Gasteiger partial charge in [-0.3, -0.25) is 0 Å². The van der Waals surface area contributed by atoms with Crippen LogP contribution in [0.1, 0.15) is 32.6 Å². The first kappa shape index (κ1) is 13.3. The maximum Gasteiger partial charge on any atom is 0.214 e. The first-order valence-corrected chi connectivity index (χ1v) is 7.85. The smallest absolute Gasteiger partial charge is 0.214 e. The van der Waals surface area contributed by atoms with Crippen LogP contribution in [-0.2, 0) is 10.0 Å². The molecule has 0 bridgehead atoms. The Morgan fingerprint density at radius 3 is 2.53 bits per heavy atom. The summed E-state index contributed by atoms with van der Waals surface area (Å²) >= 11 is 0. The number of sulfonamides is 1. The SMILES string of the molecule is CC(CNS(=O)(=O)C1CC1)NCC1(CO)CC1. The van der Waals surface area contributed by atoms with Gasteiger partial charge in [0.25, 0.3) is 0 Å². The molecule has 0 radical (unpaired) electrons. The number of hydrogen-bond donors (Lipinski definition) is 3. The van der Waals surface area contributed by atoms with Gasteiger partial charge in [-0.1, -0.05) is 0 Å². The Labute approximate surface area is 103 Å². The van der Waals surface area contributed by atoms with Crippen LogP contribution in [0.2, 0.25) is 0 Å². The Kier molecular flexibility index (Phi) is 3.77. The van der Waals surface area contributed by atoms with Crippen LogP contribution in [-0.4, -0.2) is 44.5 Å². The third-order valence-corrected chi connectivity index (χ3v) is 5.59. The van der Waals surface area contributed by atoms with Gasteiger partial charge in [0, 0.05) is 31.2 Å². The highest BCUT2D eigenvalue weighted by atomic mass is 32.2. The second-order valence-corrected chi connectivity index (χ2v) is 7.58. The van der Waals surface area contributed by atoms with E-state index in [0.29, 0.717) is 6.54 Å². The molecule has 2 fully saturated rings.